The van der Waals surface area contributed by atoms with Crippen LogP contribution in [0.2, 0.25) is 0 Å². The molecule has 0 fully saturated rings. The third-order valence-corrected chi connectivity index (χ3v) is 4.11. The number of hydrogen-bond acceptors (Lipinski definition) is 3. The SMILES string of the molecule is Cc1ccc(F)c(S(=O)(=O)Nc2c(C)n[nH]c2C)c1. The van der Waals surface area contributed by atoms with Crippen LogP contribution in [0.25, 0.3) is 0 Å². The molecule has 1 heterocycles. The molecule has 2 aromatic rings. The normalized spacial score (nSPS) is 11.6. The summed E-state index contributed by atoms with van der Waals surface area (Å²) < 4.78 is 40.4. The first-order valence-electron chi connectivity index (χ1n) is 5.62. The Hall–Kier alpha value is -1.89. The fourth-order valence-corrected chi connectivity index (χ4v) is 3.05. The second kappa shape index (κ2) is 4.65. The maximum atomic E-state index is 13.7. The van der Waals surface area contributed by atoms with E-state index in [1.807, 2.05) is 0 Å². The van der Waals surface area contributed by atoms with Crippen molar-refractivity contribution in [1.82, 2.24) is 10.2 Å². The lowest BCUT2D eigenvalue weighted by Gasteiger charge is -2.09. The number of hydrogen-bond donors (Lipinski definition) is 2. The van der Waals surface area contributed by atoms with Crippen LogP contribution >= 0.6 is 0 Å². The van der Waals surface area contributed by atoms with Gasteiger partial charge in [-0.2, -0.15) is 5.10 Å². The largest absolute Gasteiger partial charge is 0.280 e. The van der Waals surface area contributed by atoms with Gasteiger partial charge in [-0.25, -0.2) is 12.8 Å². The summed E-state index contributed by atoms with van der Waals surface area (Å²) in [6.07, 6.45) is 0. The Bertz CT molecular complexity index is 703. The third-order valence-electron chi connectivity index (χ3n) is 2.74. The highest BCUT2D eigenvalue weighted by Crippen LogP contribution is 2.23. The van der Waals surface area contributed by atoms with Gasteiger partial charge in [-0.05, 0) is 38.5 Å². The number of anilines is 1. The summed E-state index contributed by atoms with van der Waals surface area (Å²) in [7, 11) is -3.97. The zero-order chi connectivity index (χ0) is 14.2. The molecule has 0 aliphatic carbocycles. The minimum absolute atomic E-state index is 0.348. The van der Waals surface area contributed by atoms with E-state index in [0.29, 0.717) is 22.6 Å². The van der Waals surface area contributed by atoms with Gasteiger partial charge in [-0.15, -0.1) is 0 Å². The molecule has 0 unspecified atom stereocenters. The molecule has 2 rings (SSSR count). The fraction of sp³-hybridized carbons (Fsp3) is 0.250. The molecule has 0 radical (unpaired) electrons. The number of sulfonamides is 1. The highest BCUT2D eigenvalue weighted by molar-refractivity contribution is 7.92. The van der Waals surface area contributed by atoms with Gasteiger partial charge in [0, 0.05) is 0 Å². The number of H-pyrrole nitrogens is 1. The van der Waals surface area contributed by atoms with Gasteiger partial charge in [0.25, 0.3) is 10.0 Å². The zero-order valence-corrected chi connectivity index (χ0v) is 11.6. The van der Waals surface area contributed by atoms with Gasteiger partial charge >= 0.3 is 0 Å². The second-order valence-corrected chi connectivity index (χ2v) is 6.00. The van der Waals surface area contributed by atoms with Crippen molar-refractivity contribution in [2.45, 2.75) is 25.7 Å². The first-order chi connectivity index (χ1) is 8.81. The zero-order valence-electron chi connectivity index (χ0n) is 10.8. The lowest BCUT2D eigenvalue weighted by molar-refractivity contribution is 0.569. The topological polar surface area (TPSA) is 74.8 Å². The van der Waals surface area contributed by atoms with Gasteiger partial charge in [-0.1, -0.05) is 6.07 Å². The van der Waals surface area contributed by atoms with E-state index in [9.17, 15) is 12.8 Å². The number of nitrogens with one attached hydrogen (secondary N) is 2. The molecular formula is C12H14FN3O2S. The predicted molar refractivity (Wildman–Crippen MR) is 70.0 cm³/mol. The summed E-state index contributed by atoms with van der Waals surface area (Å²) in [5, 5.41) is 6.55. The van der Waals surface area contributed by atoms with E-state index in [0.717, 1.165) is 6.07 Å². The van der Waals surface area contributed by atoms with E-state index in [1.54, 1.807) is 20.8 Å². The number of aromatic amines is 1. The standard InChI is InChI=1S/C12H14FN3O2S/c1-7-4-5-10(13)11(6-7)19(17,18)16-12-8(2)14-15-9(12)3/h4-6,16H,1-3H3,(H,14,15). The van der Waals surface area contributed by atoms with E-state index in [4.69, 9.17) is 0 Å². The summed E-state index contributed by atoms with van der Waals surface area (Å²) >= 11 is 0. The van der Waals surface area contributed by atoms with Gasteiger partial charge in [0.1, 0.15) is 10.7 Å². The molecule has 0 aliphatic heterocycles. The van der Waals surface area contributed by atoms with Crippen LogP contribution in [0, 0.1) is 26.6 Å². The molecule has 0 aliphatic rings. The number of benzene rings is 1. The average molecular weight is 283 g/mol. The van der Waals surface area contributed by atoms with Crippen LogP contribution in [-0.2, 0) is 10.0 Å². The van der Waals surface area contributed by atoms with E-state index in [2.05, 4.69) is 14.9 Å². The van der Waals surface area contributed by atoms with Crippen LogP contribution in [0.1, 0.15) is 17.0 Å². The third kappa shape index (κ3) is 2.60. The van der Waals surface area contributed by atoms with E-state index >= 15 is 0 Å². The van der Waals surface area contributed by atoms with Crippen LogP contribution in [-0.4, -0.2) is 18.6 Å². The molecule has 5 nitrogen and oxygen atoms in total. The van der Waals surface area contributed by atoms with Crippen LogP contribution < -0.4 is 4.72 Å². The maximum Gasteiger partial charge on any atom is 0.264 e. The van der Waals surface area contributed by atoms with E-state index in [-0.39, 0.29) is 4.90 Å². The highest BCUT2D eigenvalue weighted by Gasteiger charge is 2.21. The smallest absolute Gasteiger partial charge is 0.264 e. The summed E-state index contributed by atoms with van der Waals surface area (Å²) in [5.41, 5.74) is 2.10. The Balaban J connectivity index is 2.47. The molecule has 0 atom stereocenters. The quantitative estimate of drug-likeness (QED) is 0.907. The van der Waals surface area contributed by atoms with Crippen LogP contribution in [0.5, 0.6) is 0 Å². The molecule has 0 amide bonds. The number of aryl methyl sites for hydroxylation is 3. The number of halogens is 1. The minimum Gasteiger partial charge on any atom is -0.280 e. The summed E-state index contributed by atoms with van der Waals surface area (Å²) in [5.74, 6) is -0.781. The first kappa shape index (κ1) is 13.5. The summed E-state index contributed by atoms with van der Waals surface area (Å²) in [6.45, 7) is 5.05. The molecule has 7 heteroatoms. The molecule has 1 aromatic carbocycles. The van der Waals surface area contributed by atoms with Crippen molar-refractivity contribution in [3.05, 3.63) is 41.0 Å². The monoisotopic (exact) mass is 283 g/mol. The predicted octanol–water partition coefficient (Wildman–Crippen LogP) is 2.27. The fourth-order valence-electron chi connectivity index (χ4n) is 1.71. The van der Waals surface area contributed by atoms with Gasteiger partial charge in [0.15, 0.2) is 0 Å². The summed E-state index contributed by atoms with van der Waals surface area (Å²) in [4.78, 5) is -0.368. The van der Waals surface area contributed by atoms with Crippen molar-refractivity contribution >= 4 is 15.7 Å². The minimum atomic E-state index is -3.97. The Morgan fingerprint density at radius 1 is 1.26 bits per heavy atom. The molecule has 102 valence electrons. The van der Waals surface area contributed by atoms with Gasteiger partial charge in [-0.3, -0.25) is 9.82 Å². The first-order valence-corrected chi connectivity index (χ1v) is 7.10. The Morgan fingerprint density at radius 3 is 2.53 bits per heavy atom. The summed E-state index contributed by atoms with van der Waals surface area (Å²) in [6, 6.07) is 3.95. The van der Waals surface area contributed by atoms with Crippen LogP contribution in [0.3, 0.4) is 0 Å². The van der Waals surface area contributed by atoms with Crippen molar-refractivity contribution < 1.29 is 12.8 Å². The van der Waals surface area contributed by atoms with Crippen molar-refractivity contribution in [3.63, 3.8) is 0 Å². The average Bonchev–Trinajstić information content (AvgIpc) is 2.63. The Kier molecular flexibility index (Phi) is 3.32. The maximum absolute atomic E-state index is 13.7. The molecule has 0 spiro atoms. The molecule has 0 bridgehead atoms. The molecule has 0 saturated carbocycles. The molecule has 0 saturated heterocycles. The highest BCUT2D eigenvalue weighted by atomic mass is 32.2. The van der Waals surface area contributed by atoms with Crippen molar-refractivity contribution in [2.24, 2.45) is 0 Å². The molecular weight excluding hydrogens is 269 g/mol. The lowest BCUT2D eigenvalue weighted by atomic mass is 10.2. The lowest BCUT2D eigenvalue weighted by Crippen LogP contribution is -2.15. The van der Waals surface area contributed by atoms with Gasteiger partial charge < -0.3 is 0 Å². The van der Waals surface area contributed by atoms with Crippen molar-refractivity contribution in [1.29, 1.82) is 0 Å². The molecule has 2 N–H and O–H groups in total. The number of nitrogens with zero attached hydrogens (tertiary/aromatic N) is 1. The van der Waals surface area contributed by atoms with Crippen molar-refractivity contribution in [2.75, 3.05) is 4.72 Å². The second-order valence-electron chi connectivity index (χ2n) is 4.35. The van der Waals surface area contributed by atoms with Crippen LogP contribution in [0.4, 0.5) is 10.1 Å². The number of rotatable bonds is 3. The number of aromatic nitrogens is 2. The van der Waals surface area contributed by atoms with E-state index < -0.39 is 15.8 Å². The Labute approximate surface area is 110 Å². The Morgan fingerprint density at radius 2 is 1.95 bits per heavy atom. The van der Waals surface area contributed by atoms with Crippen molar-refractivity contribution in [3.8, 4) is 0 Å². The van der Waals surface area contributed by atoms with E-state index in [1.165, 1.54) is 12.1 Å². The van der Waals surface area contributed by atoms with Gasteiger partial charge in [0.05, 0.1) is 17.1 Å². The van der Waals surface area contributed by atoms with Gasteiger partial charge in [0.2, 0.25) is 0 Å². The van der Waals surface area contributed by atoms with Crippen LogP contribution in [0.15, 0.2) is 23.1 Å². The molecule has 19 heavy (non-hydrogen) atoms. The molecule has 1 aromatic heterocycles.